The highest BCUT2D eigenvalue weighted by Gasteiger charge is 2.25. The van der Waals surface area contributed by atoms with Crippen LogP contribution in [0.2, 0.25) is 0 Å². The number of anilines is 3. The Bertz CT molecular complexity index is 1680. The fraction of sp³-hybridized carbons (Fsp3) is 0.303. The molecule has 9 heteroatoms. The van der Waals surface area contributed by atoms with Gasteiger partial charge in [-0.05, 0) is 83.8 Å². The van der Waals surface area contributed by atoms with Crippen molar-refractivity contribution < 1.29 is 14.7 Å². The van der Waals surface area contributed by atoms with Crippen LogP contribution in [-0.4, -0.2) is 35.1 Å². The second-order valence-corrected chi connectivity index (χ2v) is 11.0. The van der Waals surface area contributed by atoms with Gasteiger partial charge >= 0.3 is 0 Å². The van der Waals surface area contributed by atoms with E-state index in [9.17, 15) is 19.5 Å². The highest BCUT2D eigenvalue weighted by molar-refractivity contribution is 5.95. The van der Waals surface area contributed by atoms with Gasteiger partial charge in [-0.1, -0.05) is 31.2 Å². The summed E-state index contributed by atoms with van der Waals surface area (Å²) in [6.45, 7) is 4.75. The number of fused-ring (bicyclic) bond motifs is 1. The van der Waals surface area contributed by atoms with Crippen molar-refractivity contribution in [2.45, 2.75) is 51.6 Å². The maximum atomic E-state index is 13.9. The van der Waals surface area contributed by atoms with Crippen molar-refractivity contribution in [2.75, 3.05) is 29.1 Å². The lowest BCUT2D eigenvalue weighted by Crippen LogP contribution is -2.37. The number of H-pyrrole nitrogens is 1. The Kier molecular flexibility index (Phi) is 8.59. The summed E-state index contributed by atoms with van der Waals surface area (Å²) in [5, 5.41) is 17.4. The third-order valence-corrected chi connectivity index (χ3v) is 7.95. The number of carbonyl (C=O) groups excluding carboxylic acids is 2. The molecule has 1 saturated heterocycles. The zero-order valence-electron chi connectivity index (χ0n) is 23.9. The Hall–Kier alpha value is -4.63. The van der Waals surface area contributed by atoms with Gasteiger partial charge in [0, 0.05) is 60.7 Å². The zero-order chi connectivity index (χ0) is 29.8. The van der Waals surface area contributed by atoms with Gasteiger partial charge in [0.25, 0.3) is 5.56 Å². The number of aromatic nitrogens is 1. The number of carbonyl (C=O) groups is 2. The van der Waals surface area contributed by atoms with Gasteiger partial charge in [0.1, 0.15) is 6.04 Å². The highest BCUT2D eigenvalue weighted by Crippen LogP contribution is 2.29. The van der Waals surface area contributed by atoms with E-state index in [1.807, 2.05) is 56.3 Å². The van der Waals surface area contributed by atoms with Crippen LogP contribution in [0.5, 0.6) is 0 Å². The molecular formula is C33H37N5O4. The largest absolute Gasteiger partial charge is 0.399 e. The molecule has 1 aliphatic heterocycles. The summed E-state index contributed by atoms with van der Waals surface area (Å²) < 4.78 is 0. The number of amides is 2. The lowest BCUT2D eigenvalue weighted by atomic mass is 9.93. The number of aromatic amines is 1. The summed E-state index contributed by atoms with van der Waals surface area (Å²) >= 11 is 0. The predicted octanol–water partition coefficient (Wildman–Crippen LogP) is 4.50. The van der Waals surface area contributed by atoms with Gasteiger partial charge in [-0.2, -0.15) is 0 Å². The molecule has 1 aliphatic rings. The molecule has 0 spiro atoms. The van der Waals surface area contributed by atoms with Crippen LogP contribution < -0.4 is 26.8 Å². The molecule has 2 amide bonds. The van der Waals surface area contributed by atoms with Crippen molar-refractivity contribution in [3.8, 4) is 0 Å². The Morgan fingerprint density at radius 2 is 1.90 bits per heavy atom. The minimum absolute atomic E-state index is 0.0239. The third-order valence-electron chi connectivity index (χ3n) is 7.95. The third kappa shape index (κ3) is 6.16. The van der Waals surface area contributed by atoms with Crippen LogP contribution in [0.4, 0.5) is 17.1 Å². The van der Waals surface area contributed by atoms with E-state index >= 15 is 0 Å². The average molecular weight is 568 g/mol. The van der Waals surface area contributed by atoms with Crippen LogP contribution in [0.3, 0.4) is 0 Å². The fourth-order valence-electron chi connectivity index (χ4n) is 5.62. The number of rotatable bonds is 9. The first-order valence-corrected chi connectivity index (χ1v) is 14.3. The van der Waals surface area contributed by atoms with E-state index in [1.165, 1.54) is 0 Å². The molecule has 2 unspecified atom stereocenters. The van der Waals surface area contributed by atoms with Gasteiger partial charge in [0.15, 0.2) is 0 Å². The van der Waals surface area contributed by atoms with E-state index in [2.05, 4.69) is 15.6 Å². The van der Waals surface area contributed by atoms with E-state index in [0.29, 0.717) is 29.7 Å². The van der Waals surface area contributed by atoms with Crippen molar-refractivity contribution in [1.29, 1.82) is 0 Å². The highest BCUT2D eigenvalue weighted by atomic mass is 16.3. The Morgan fingerprint density at radius 3 is 2.67 bits per heavy atom. The number of piperidine rings is 1. The molecule has 3 aromatic carbocycles. The minimum Gasteiger partial charge on any atom is -0.399 e. The van der Waals surface area contributed by atoms with Gasteiger partial charge in [-0.3, -0.25) is 14.4 Å². The number of nitrogens with two attached hydrogens (primary N) is 1. The molecule has 218 valence electrons. The van der Waals surface area contributed by atoms with Crippen LogP contribution >= 0.6 is 0 Å². The van der Waals surface area contributed by atoms with Gasteiger partial charge in [0.05, 0.1) is 0 Å². The van der Waals surface area contributed by atoms with Crippen molar-refractivity contribution in [2.24, 2.45) is 0 Å². The second-order valence-electron chi connectivity index (χ2n) is 11.0. The van der Waals surface area contributed by atoms with Crippen LogP contribution in [0.25, 0.3) is 10.8 Å². The van der Waals surface area contributed by atoms with Gasteiger partial charge in [0.2, 0.25) is 11.8 Å². The molecule has 0 aliphatic carbocycles. The number of hydrogen-bond donors (Lipinski definition) is 5. The number of aliphatic hydroxyl groups excluding tert-OH is 1. The number of aryl methyl sites for hydroxylation is 1. The van der Waals surface area contributed by atoms with Gasteiger partial charge < -0.3 is 31.4 Å². The number of hydrogen-bond acceptors (Lipinski definition) is 6. The lowest BCUT2D eigenvalue weighted by Gasteiger charge is -2.29. The van der Waals surface area contributed by atoms with Crippen LogP contribution in [-0.2, 0) is 16.1 Å². The fourth-order valence-corrected chi connectivity index (χ4v) is 5.62. The molecule has 2 heterocycles. The first-order valence-electron chi connectivity index (χ1n) is 14.3. The number of nitrogen functional groups attached to an aromatic ring is 1. The SMILES string of the molecule is Cc1cc(C(Nc2ccc3cc[nH]c(=O)c3c2)C(=O)NCc2cc(N)ccc2N2CCCCC2=O)ccc1C(C)CO. The standard InChI is InChI=1S/C33H37N5O4/c1-20-15-23(7-10-27(20)21(2)19-39)31(37-26-9-6-22-12-13-35-32(41)28(22)17-26)33(42)36-18-24-16-25(34)8-11-29(24)38-14-4-3-5-30(38)40/h6-13,15-17,21,31,37,39H,3-5,14,18-19,34H2,1-2H3,(H,35,41)(H,36,42). The molecule has 9 nitrogen and oxygen atoms in total. The summed E-state index contributed by atoms with van der Waals surface area (Å²) in [6, 6.07) is 17.6. The molecule has 5 rings (SSSR count). The molecule has 0 saturated carbocycles. The number of nitrogens with one attached hydrogen (secondary N) is 3. The Labute approximate surface area is 244 Å². The first kappa shape index (κ1) is 28.9. The first-order chi connectivity index (χ1) is 20.2. The molecule has 42 heavy (non-hydrogen) atoms. The number of pyridine rings is 1. The molecular weight excluding hydrogens is 530 g/mol. The van der Waals surface area contributed by atoms with Crippen LogP contribution in [0, 0.1) is 6.92 Å². The molecule has 2 atom stereocenters. The van der Waals surface area contributed by atoms with E-state index in [4.69, 9.17) is 5.73 Å². The topological polar surface area (TPSA) is 141 Å². The van der Waals surface area contributed by atoms with Crippen molar-refractivity contribution >= 4 is 39.6 Å². The monoisotopic (exact) mass is 567 g/mol. The maximum absolute atomic E-state index is 13.9. The molecule has 1 fully saturated rings. The van der Waals surface area contributed by atoms with Crippen LogP contribution in [0.1, 0.15) is 60.4 Å². The lowest BCUT2D eigenvalue weighted by molar-refractivity contribution is -0.122. The summed E-state index contributed by atoms with van der Waals surface area (Å²) in [5.41, 5.74) is 11.3. The quantitative estimate of drug-likeness (QED) is 0.189. The van der Waals surface area contributed by atoms with E-state index in [1.54, 1.807) is 29.3 Å². The van der Waals surface area contributed by atoms with Crippen molar-refractivity contribution in [3.63, 3.8) is 0 Å². The van der Waals surface area contributed by atoms with Gasteiger partial charge in [-0.25, -0.2) is 0 Å². The molecule has 4 aromatic rings. The average Bonchev–Trinajstić information content (AvgIpc) is 2.99. The summed E-state index contributed by atoms with van der Waals surface area (Å²) in [6.07, 6.45) is 3.90. The maximum Gasteiger partial charge on any atom is 0.255 e. The Morgan fingerprint density at radius 1 is 1.07 bits per heavy atom. The van der Waals surface area contributed by atoms with Crippen molar-refractivity contribution in [3.05, 3.63) is 99.5 Å². The second kappa shape index (κ2) is 12.5. The molecule has 0 radical (unpaired) electrons. The summed E-state index contributed by atoms with van der Waals surface area (Å²) in [7, 11) is 0. The normalized spacial score (nSPS) is 14.9. The number of nitrogens with zero attached hydrogens (tertiary/aromatic N) is 1. The predicted molar refractivity (Wildman–Crippen MR) is 167 cm³/mol. The van der Waals surface area contributed by atoms with Gasteiger partial charge in [-0.15, -0.1) is 0 Å². The zero-order valence-corrected chi connectivity index (χ0v) is 23.9. The van der Waals surface area contributed by atoms with E-state index in [-0.39, 0.29) is 36.4 Å². The van der Waals surface area contributed by atoms with E-state index < -0.39 is 6.04 Å². The van der Waals surface area contributed by atoms with E-state index in [0.717, 1.165) is 46.2 Å². The summed E-state index contributed by atoms with van der Waals surface area (Å²) in [5.74, 6) is -0.249. The summed E-state index contributed by atoms with van der Waals surface area (Å²) in [4.78, 5) is 43.5. The minimum atomic E-state index is -0.788. The van der Waals surface area contributed by atoms with Crippen LogP contribution in [0.15, 0.2) is 71.7 Å². The molecule has 1 aromatic heterocycles. The number of benzene rings is 3. The van der Waals surface area contributed by atoms with Crippen molar-refractivity contribution in [1.82, 2.24) is 10.3 Å². The Balaban J connectivity index is 1.46. The number of aliphatic hydroxyl groups is 1. The molecule has 6 N–H and O–H groups in total. The smallest absolute Gasteiger partial charge is 0.255 e. The molecule has 0 bridgehead atoms.